The molecule has 8 heteroatoms. The normalized spacial score (nSPS) is 11.2. The minimum atomic E-state index is -4.50. The Labute approximate surface area is 122 Å². The number of alkyl halides is 3. The lowest BCUT2D eigenvalue weighted by Crippen LogP contribution is -2.10. The number of aromatic nitrogens is 1. The van der Waals surface area contributed by atoms with Gasteiger partial charge in [-0.3, -0.25) is 4.79 Å². The summed E-state index contributed by atoms with van der Waals surface area (Å²) < 4.78 is 37.5. The van der Waals surface area contributed by atoms with E-state index in [9.17, 15) is 18.0 Å². The zero-order chi connectivity index (χ0) is 15.6. The summed E-state index contributed by atoms with van der Waals surface area (Å²) in [4.78, 5) is 14.6. The van der Waals surface area contributed by atoms with Crippen LogP contribution in [-0.4, -0.2) is 10.9 Å². The van der Waals surface area contributed by atoms with Gasteiger partial charge in [0.2, 0.25) is 5.91 Å². The first-order valence-electron chi connectivity index (χ1n) is 5.67. The van der Waals surface area contributed by atoms with E-state index in [1.807, 2.05) is 0 Å². The number of hydrogen-bond donors (Lipinski definition) is 2. The Hall–Kier alpha value is -2.28. The molecule has 110 valence electrons. The number of carbonyl (C=O) groups is 1. The minimum absolute atomic E-state index is 0.0801. The summed E-state index contributed by atoms with van der Waals surface area (Å²) in [5.74, 6) is -0.497. The standard InChI is InChI=1S/C13H9ClF3N3O/c14-10-5-8(13(15,16)17)6-19-12(10)20-9-3-1-7(2-4-9)11(18)21/h1-6H,(H2,18,21)(H,19,20). The lowest BCUT2D eigenvalue weighted by atomic mass is 10.2. The molecule has 2 aromatic rings. The number of nitrogens with two attached hydrogens (primary N) is 1. The summed E-state index contributed by atoms with van der Waals surface area (Å²) in [5, 5.41) is 2.59. The highest BCUT2D eigenvalue weighted by atomic mass is 35.5. The molecule has 0 aliphatic carbocycles. The van der Waals surface area contributed by atoms with E-state index in [1.165, 1.54) is 24.3 Å². The molecular formula is C13H9ClF3N3O. The fourth-order valence-electron chi connectivity index (χ4n) is 1.54. The molecule has 3 N–H and O–H groups in total. The highest BCUT2D eigenvalue weighted by Gasteiger charge is 2.31. The van der Waals surface area contributed by atoms with Crippen LogP contribution in [0.4, 0.5) is 24.7 Å². The molecule has 1 aromatic carbocycles. The average Bonchev–Trinajstić information content (AvgIpc) is 2.40. The fraction of sp³-hybridized carbons (Fsp3) is 0.0769. The summed E-state index contributed by atoms with van der Waals surface area (Å²) in [7, 11) is 0. The quantitative estimate of drug-likeness (QED) is 0.909. The second-order valence-electron chi connectivity index (χ2n) is 4.12. The molecule has 0 saturated carbocycles. The maximum absolute atomic E-state index is 12.5. The Bertz CT molecular complexity index is 671. The van der Waals surface area contributed by atoms with Gasteiger partial charge in [-0.2, -0.15) is 13.2 Å². The minimum Gasteiger partial charge on any atom is -0.366 e. The third kappa shape index (κ3) is 3.63. The molecule has 4 nitrogen and oxygen atoms in total. The lowest BCUT2D eigenvalue weighted by molar-refractivity contribution is -0.137. The van der Waals surface area contributed by atoms with Crippen LogP contribution in [-0.2, 0) is 6.18 Å². The number of pyridine rings is 1. The Kier molecular flexibility index (Phi) is 4.04. The molecule has 0 aliphatic rings. The van der Waals surface area contributed by atoms with Crippen molar-refractivity contribution in [2.75, 3.05) is 5.32 Å². The van der Waals surface area contributed by atoms with Gasteiger partial charge in [0, 0.05) is 17.4 Å². The number of anilines is 2. The van der Waals surface area contributed by atoms with E-state index in [0.29, 0.717) is 17.4 Å². The predicted molar refractivity (Wildman–Crippen MR) is 72.5 cm³/mol. The largest absolute Gasteiger partial charge is 0.417 e. The molecule has 0 atom stereocenters. The second kappa shape index (κ2) is 5.61. The number of amides is 1. The topological polar surface area (TPSA) is 68.0 Å². The van der Waals surface area contributed by atoms with Crippen molar-refractivity contribution in [1.82, 2.24) is 4.98 Å². The molecular weight excluding hydrogens is 307 g/mol. The number of nitrogens with zero attached hydrogens (tertiary/aromatic N) is 1. The number of hydrogen-bond acceptors (Lipinski definition) is 3. The lowest BCUT2D eigenvalue weighted by Gasteiger charge is -2.11. The molecule has 0 spiro atoms. The van der Waals surface area contributed by atoms with Crippen molar-refractivity contribution in [3.63, 3.8) is 0 Å². The maximum Gasteiger partial charge on any atom is 0.417 e. The van der Waals surface area contributed by atoms with Crippen molar-refractivity contribution in [3.05, 3.63) is 52.7 Å². The van der Waals surface area contributed by atoms with Crippen LogP contribution in [0, 0.1) is 0 Å². The van der Waals surface area contributed by atoms with Crippen molar-refractivity contribution < 1.29 is 18.0 Å². The van der Waals surface area contributed by atoms with Crippen LogP contribution < -0.4 is 11.1 Å². The van der Waals surface area contributed by atoms with E-state index < -0.39 is 17.6 Å². The van der Waals surface area contributed by atoms with Gasteiger partial charge in [-0.25, -0.2) is 4.98 Å². The number of nitrogens with one attached hydrogen (secondary N) is 1. The van der Waals surface area contributed by atoms with Crippen molar-refractivity contribution in [1.29, 1.82) is 0 Å². The molecule has 0 aliphatic heterocycles. The van der Waals surface area contributed by atoms with E-state index in [0.717, 1.165) is 6.07 Å². The molecule has 0 bridgehead atoms. The molecule has 0 radical (unpaired) electrons. The monoisotopic (exact) mass is 315 g/mol. The summed E-state index contributed by atoms with van der Waals surface area (Å²) in [5.41, 5.74) is 4.99. The zero-order valence-corrected chi connectivity index (χ0v) is 11.2. The molecule has 0 saturated heterocycles. The van der Waals surface area contributed by atoms with Crippen LogP contribution in [0.15, 0.2) is 36.5 Å². The van der Waals surface area contributed by atoms with E-state index in [2.05, 4.69) is 10.3 Å². The molecule has 1 amide bonds. The summed E-state index contributed by atoms with van der Waals surface area (Å²) in [6.45, 7) is 0. The molecule has 1 aromatic heterocycles. The number of primary amides is 1. The first-order chi connectivity index (χ1) is 9.77. The highest BCUT2D eigenvalue weighted by Crippen LogP contribution is 2.33. The summed E-state index contributed by atoms with van der Waals surface area (Å²) in [6.07, 6.45) is -3.82. The van der Waals surface area contributed by atoms with Crippen molar-refractivity contribution in [2.24, 2.45) is 5.73 Å². The average molecular weight is 316 g/mol. The van der Waals surface area contributed by atoms with Gasteiger partial charge in [-0.1, -0.05) is 11.6 Å². The zero-order valence-electron chi connectivity index (χ0n) is 10.4. The molecule has 0 unspecified atom stereocenters. The second-order valence-corrected chi connectivity index (χ2v) is 4.53. The Morgan fingerprint density at radius 3 is 2.33 bits per heavy atom. The predicted octanol–water partition coefficient (Wildman–Crippen LogP) is 3.60. The van der Waals surface area contributed by atoms with Crippen LogP contribution in [0.2, 0.25) is 5.02 Å². The van der Waals surface area contributed by atoms with Crippen LogP contribution >= 0.6 is 11.6 Å². The van der Waals surface area contributed by atoms with Gasteiger partial charge in [0.1, 0.15) is 5.82 Å². The molecule has 2 rings (SSSR count). The van der Waals surface area contributed by atoms with Crippen LogP contribution in [0.5, 0.6) is 0 Å². The van der Waals surface area contributed by atoms with E-state index in [4.69, 9.17) is 17.3 Å². The van der Waals surface area contributed by atoms with Gasteiger partial charge in [0.25, 0.3) is 0 Å². The highest BCUT2D eigenvalue weighted by molar-refractivity contribution is 6.33. The van der Waals surface area contributed by atoms with Crippen molar-refractivity contribution >= 4 is 29.0 Å². The van der Waals surface area contributed by atoms with Gasteiger partial charge in [0.05, 0.1) is 10.6 Å². The molecule has 0 fully saturated rings. The SMILES string of the molecule is NC(=O)c1ccc(Nc2ncc(C(F)(F)F)cc2Cl)cc1. The van der Waals surface area contributed by atoms with Crippen molar-refractivity contribution in [2.45, 2.75) is 6.18 Å². The van der Waals surface area contributed by atoms with Gasteiger partial charge in [0.15, 0.2) is 0 Å². The number of benzene rings is 1. The maximum atomic E-state index is 12.5. The first kappa shape index (κ1) is 15.1. The Balaban J connectivity index is 2.22. The third-order valence-electron chi connectivity index (χ3n) is 2.60. The molecule has 1 heterocycles. The summed E-state index contributed by atoms with van der Waals surface area (Å²) >= 11 is 5.77. The fourth-order valence-corrected chi connectivity index (χ4v) is 1.75. The number of rotatable bonds is 3. The van der Waals surface area contributed by atoms with E-state index in [-0.39, 0.29) is 10.8 Å². The van der Waals surface area contributed by atoms with Crippen molar-refractivity contribution in [3.8, 4) is 0 Å². The Morgan fingerprint density at radius 2 is 1.86 bits per heavy atom. The van der Waals surface area contributed by atoms with E-state index in [1.54, 1.807) is 0 Å². The first-order valence-corrected chi connectivity index (χ1v) is 6.05. The van der Waals surface area contributed by atoms with Crippen LogP contribution in [0.1, 0.15) is 15.9 Å². The summed E-state index contributed by atoms with van der Waals surface area (Å²) in [6, 6.07) is 6.81. The molecule has 21 heavy (non-hydrogen) atoms. The van der Waals surface area contributed by atoms with Gasteiger partial charge >= 0.3 is 6.18 Å². The van der Waals surface area contributed by atoms with Gasteiger partial charge in [-0.05, 0) is 30.3 Å². The smallest absolute Gasteiger partial charge is 0.366 e. The third-order valence-corrected chi connectivity index (χ3v) is 2.89. The van der Waals surface area contributed by atoms with E-state index >= 15 is 0 Å². The number of halogens is 4. The van der Waals surface area contributed by atoms with Gasteiger partial charge < -0.3 is 11.1 Å². The van der Waals surface area contributed by atoms with Crippen LogP contribution in [0.3, 0.4) is 0 Å². The van der Waals surface area contributed by atoms with Gasteiger partial charge in [-0.15, -0.1) is 0 Å². The number of carbonyl (C=O) groups excluding carboxylic acids is 1. The van der Waals surface area contributed by atoms with Crippen LogP contribution in [0.25, 0.3) is 0 Å². The Morgan fingerprint density at radius 1 is 1.24 bits per heavy atom.